The van der Waals surface area contributed by atoms with Crippen LogP contribution in [0.3, 0.4) is 0 Å². The molecular weight excluding hydrogens is 271 g/mol. The van der Waals surface area contributed by atoms with Crippen molar-refractivity contribution in [2.45, 2.75) is 6.92 Å². The second kappa shape index (κ2) is 5.40. The molecule has 0 saturated carbocycles. The Balaban J connectivity index is 1.93. The van der Waals surface area contributed by atoms with Crippen LogP contribution in [0.5, 0.6) is 0 Å². The zero-order valence-corrected chi connectivity index (χ0v) is 11.4. The number of hydrogen-bond donors (Lipinski definition) is 0. The molecule has 0 bridgehead atoms. The molecule has 0 amide bonds. The first-order chi connectivity index (χ1) is 10.2. The molecular formula is C17H13FO3. The van der Waals surface area contributed by atoms with Crippen molar-refractivity contribution >= 4 is 16.9 Å². The summed E-state index contributed by atoms with van der Waals surface area (Å²) in [6.45, 7) is 2.11. The van der Waals surface area contributed by atoms with E-state index in [2.05, 4.69) is 0 Å². The van der Waals surface area contributed by atoms with Gasteiger partial charge in [-0.05, 0) is 43.3 Å². The number of halogens is 1. The predicted octanol–water partition coefficient (Wildman–Crippen LogP) is 4.42. The van der Waals surface area contributed by atoms with Gasteiger partial charge in [0, 0.05) is 10.9 Å². The van der Waals surface area contributed by atoms with E-state index < -0.39 is 0 Å². The van der Waals surface area contributed by atoms with E-state index in [9.17, 15) is 9.18 Å². The molecule has 0 aliphatic rings. The number of rotatable bonds is 3. The Labute approximate surface area is 120 Å². The number of ether oxygens (including phenoxy) is 1. The summed E-state index contributed by atoms with van der Waals surface area (Å²) in [5, 5.41) is 0.708. The van der Waals surface area contributed by atoms with Crippen LogP contribution in [0.1, 0.15) is 17.3 Å². The number of benzene rings is 2. The third-order valence-electron chi connectivity index (χ3n) is 3.16. The summed E-state index contributed by atoms with van der Waals surface area (Å²) in [7, 11) is 0. The lowest BCUT2D eigenvalue weighted by Crippen LogP contribution is -2.03. The van der Waals surface area contributed by atoms with Gasteiger partial charge in [-0.3, -0.25) is 0 Å². The van der Waals surface area contributed by atoms with E-state index in [0.29, 0.717) is 28.9 Å². The Bertz CT molecular complexity index is 787. The lowest BCUT2D eigenvalue weighted by molar-refractivity contribution is 0.0526. The SMILES string of the molecule is CCOC(=O)c1ccc(-c2cc3cc(F)ccc3o2)cc1. The molecule has 0 fully saturated rings. The van der Waals surface area contributed by atoms with Crippen LogP contribution in [0.2, 0.25) is 0 Å². The van der Waals surface area contributed by atoms with Crippen molar-refractivity contribution in [2.24, 2.45) is 0 Å². The van der Waals surface area contributed by atoms with Gasteiger partial charge in [-0.2, -0.15) is 0 Å². The van der Waals surface area contributed by atoms with E-state index in [0.717, 1.165) is 5.56 Å². The zero-order valence-electron chi connectivity index (χ0n) is 11.4. The van der Waals surface area contributed by atoms with Crippen molar-refractivity contribution in [1.29, 1.82) is 0 Å². The predicted molar refractivity (Wildman–Crippen MR) is 77.6 cm³/mol. The van der Waals surface area contributed by atoms with Gasteiger partial charge in [0.15, 0.2) is 0 Å². The highest BCUT2D eigenvalue weighted by atomic mass is 19.1. The van der Waals surface area contributed by atoms with Crippen molar-refractivity contribution in [3.63, 3.8) is 0 Å². The topological polar surface area (TPSA) is 39.4 Å². The minimum absolute atomic E-state index is 0.299. The maximum absolute atomic E-state index is 13.2. The summed E-state index contributed by atoms with van der Waals surface area (Å²) < 4.78 is 23.8. The Morgan fingerprint density at radius 3 is 2.62 bits per heavy atom. The van der Waals surface area contributed by atoms with Gasteiger partial charge >= 0.3 is 5.97 Å². The lowest BCUT2D eigenvalue weighted by Gasteiger charge is -2.02. The fourth-order valence-electron chi connectivity index (χ4n) is 2.14. The van der Waals surface area contributed by atoms with Crippen molar-refractivity contribution in [1.82, 2.24) is 0 Å². The van der Waals surface area contributed by atoms with Gasteiger partial charge in [0.05, 0.1) is 12.2 Å². The van der Waals surface area contributed by atoms with Gasteiger partial charge in [-0.25, -0.2) is 9.18 Å². The van der Waals surface area contributed by atoms with Gasteiger partial charge in [0.25, 0.3) is 0 Å². The molecule has 3 rings (SSSR count). The van der Waals surface area contributed by atoms with Crippen LogP contribution in [0.25, 0.3) is 22.3 Å². The Kier molecular flexibility index (Phi) is 3.44. The molecule has 0 saturated heterocycles. The van der Waals surface area contributed by atoms with Crippen molar-refractivity contribution in [3.05, 3.63) is 59.9 Å². The molecule has 0 N–H and O–H groups in total. The summed E-state index contributed by atoms with van der Waals surface area (Å²) in [6.07, 6.45) is 0. The first-order valence-electron chi connectivity index (χ1n) is 6.64. The summed E-state index contributed by atoms with van der Waals surface area (Å²) in [4.78, 5) is 11.6. The van der Waals surface area contributed by atoms with Crippen LogP contribution in [0, 0.1) is 5.82 Å². The minimum Gasteiger partial charge on any atom is -0.462 e. The third kappa shape index (κ3) is 2.65. The van der Waals surface area contributed by atoms with E-state index in [1.165, 1.54) is 12.1 Å². The monoisotopic (exact) mass is 284 g/mol. The first kappa shape index (κ1) is 13.4. The fourth-order valence-corrected chi connectivity index (χ4v) is 2.14. The molecule has 0 atom stereocenters. The Morgan fingerprint density at radius 2 is 1.90 bits per heavy atom. The van der Waals surface area contributed by atoms with Crippen LogP contribution < -0.4 is 0 Å². The summed E-state index contributed by atoms with van der Waals surface area (Å²) in [5.41, 5.74) is 1.93. The standard InChI is InChI=1S/C17H13FO3/c1-2-20-17(19)12-5-3-11(4-6-12)16-10-13-9-14(18)7-8-15(13)21-16/h3-10H,2H2,1H3. The highest BCUT2D eigenvalue weighted by Crippen LogP contribution is 2.28. The van der Waals surface area contributed by atoms with Crippen LogP contribution in [0.15, 0.2) is 52.9 Å². The maximum atomic E-state index is 13.2. The van der Waals surface area contributed by atoms with Crippen LogP contribution in [-0.2, 0) is 4.74 Å². The number of esters is 1. The normalized spacial score (nSPS) is 10.8. The van der Waals surface area contributed by atoms with Gasteiger partial charge in [-0.15, -0.1) is 0 Å². The van der Waals surface area contributed by atoms with E-state index in [1.54, 1.807) is 43.3 Å². The lowest BCUT2D eigenvalue weighted by atomic mass is 10.1. The summed E-state index contributed by atoms with van der Waals surface area (Å²) >= 11 is 0. The molecule has 106 valence electrons. The third-order valence-corrected chi connectivity index (χ3v) is 3.16. The molecule has 3 aromatic rings. The van der Waals surface area contributed by atoms with Gasteiger partial charge in [0.1, 0.15) is 17.2 Å². The maximum Gasteiger partial charge on any atom is 0.338 e. The summed E-state index contributed by atoms with van der Waals surface area (Å²) in [6, 6.07) is 13.1. The van der Waals surface area contributed by atoms with E-state index in [-0.39, 0.29) is 11.8 Å². The molecule has 0 spiro atoms. The van der Waals surface area contributed by atoms with Crippen molar-refractivity contribution in [3.8, 4) is 11.3 Å². The summed E-state index contributed by atoms with van der Waals surface area (Å²) in [5.74, 6) is -0.0192. The minimum atomic E-state index is -0.351. The smallest absolute Gasteiger partial charge is 0.338 e. The Hall–Kier alpha value is -2.62. The van der Waals surface area contributed by atoms with Crippen LogP contribution in [-0.4, -0.2) is 12.6 Å². The highest BCUT2D eigenvalue weighted by molar-refractivity contribution is 5.90. The largest absolute Gasteiger partial charge is 0.462 e. The molecule has 21 heavy (non-hydrogen) atoms. The quantitative estimate of drug-likeness (QED) is 0.668. The number of carbonyl (C=O) groups excluding carboxylic acids is 1. The molecule has 0 aliphatic carbocycles. The molecule has 0 unspecified atom stereocenters. The number of fused-ring (bicyclic) bond motifs is 1. The van der Waals surface area contributed by atoms with Crippen LogP contribution >= 0.6 is 0 Å². The van der Waals surface area contributed by atoms with Crippen molar-refractivity contribution in [2.75, 3.05) is 6.61 Å². The molecule has 1 heterocycles. The number of hydrogen-bond acceptors (Lipinski definition) is 3. The average molecular weight is 284 g/mol. The molecule has 0 radical (unpaired) electrons. The molecule has 0 aliphatic heterocycles. The molecule has 2 aromatic carbocycles. The number of carbonyl (C=O) groups is 1. The van der Waals surface area contributed by atoms with Gasteiger partial charge in [-0.1, -0.05) is 12.1 Å². The van der Waals surface area contributed by atoms with Crippen molar-refractivity contribution < 1.29 is 18.3 Å². The molecule has 4 heteroatoms. The van der Waals surface area contributed by atoms with E-state index >= 15 is 0 Å². The van der Waals surface area contributed by atoms with E-state index in [4.69, 9.17) is 9.15 Å². The zero-order chi connectivity index (χ0) is 14.8. The highest BCUT2D eigenvalue weighted by Gasteiger charge is 2.09. The van der Waals surface area contributed by atoms with Gasteiger partial charge in [0.2, 0.25) is 0 Å². The molecule has 1 aromatic heterocycles. The van der Waals surface area contributed by atoms with E-state index in [1.807, 2.05) is 0 Å². The number of furan rings is 1. The second-order valence-corrected chi connectivity index (χ2v) is 4.59. The fraction of sp³-hybridized carbons (Fsp3) is 0.118. The van der Waals surface area contributed by atoms with Crippen LogP contribution in [0.4, 0.5) is 4.39 Å². The van der Waals surface area contributed by atoms with Gasteiger partial charge < -0.3 is 9.15 Å². The first-order valence-corrected chi connectivity index (χ1v) is 6.64. The molecule has 3 nitrogen and oxygen atoms in total. The second-order valence-electron chi connectivity index (χ2n) is 4.59. The average Bonchev–Trinajstić information content (AvgIpc) is 2.90. The Morgan fingerprint density at radius 1 is 1.14 bits per heavy atom.